The van der Waals surface area contributed by atoms with Crippen molar-refractivity contribution in [1.82, 2.24) is 9.27 Å². The van der Waals surface area contributed by atoms with Gasteiger partial charge in [0.05, 0.1) is 6.54 Å². The average molecular weight is 313 g/mol. The summed E-state index contributed by atoms with van der Waals surface area (Å²) in [6.07, 6.45) is 8.56. The minimum absolute atomic E-state index is 0.0576. The Kier molecular flexibility index (Phi) is 4.04. The summed E-state index contributed by atoms with van der Waals surface area (Å²) in [4.78, 5) is 15.3. The number of nitrogens with zero attached hydrogens (tertiary/aromatic N) is 2. The third kappa shape index (κ3) is 2.73. The molecular formula is C15H21ClN2OS. The van der Waals surface area contributed by atoms with E-state index < -0.39 is 0 Å². The number of hydrogen-bond acceptors (Lipinski definition) is 3. The number of aromatic nitrogens is 1. The molecule has 1 aromatic rings. The van der Waals surface area contributed by atoms with Crippen molar-refractivity contribution in [2.75, 3.05) is 12.4 Å². The highest BCUT2D eigenvalue weighted by molar-refractivity contribution is 7.05. The minimum Gasteiger partial charge on any atom is -0.336 e. The lowest BCUT2D eigenvalue weighted by atomic mass is 9.92. The molecule has 3 rings (SSSR count). The van der Waals surface area contributed by atoms with Crippen LogP contribution in [0.5, 0.6) is 0 Å². The largest absolute Gasteiger partial charge is 0.336 e. The maximum atomic E-state index is 12.1. The van der Waals surface area contributed by atoms with Gasteiger partial charge in [-0.2, -0.15) is 0 Å². The standard InChI is InChI=1S/C15H21ClN2OS/c1-11-8-17-20-13(11)10-18(14(19)7-16)9-12-3-2-4-15(12)5-6-15/h8,12H,2-7,9-10H2,1H3. The smallest absolute Gasteiger partial charge is 0.237 e. The fourth-order valence-electron chi connectivity index (χ4n) is 3.56. The van der Waals surface area contributed by atoms with Gasteiger partial charge < -0.3 is 4.90 Å². The molecule has 2 aliphatic rings. The summed E-state index contributed by atoms with van der Waals surface area (Å²) in [6.45, 7) is 3.61. The highest BCUT2D eigenvalue weighted by Gasteiger charge is 2.52. The Morgan fingerprint density at radius 2 is 2.35 bits per heavy atom. The first-order chi connectivity index (χ1) is 9.64. The van der Waals surface area contributed by atoms with E-state index in [1.165, 1.54) is 54.1 Å². The van der Waals surface area contributed by atoms with Gasteiger partial charge in [-0.3, -0.25) is 4.79 Å². The first-order valence-corrected chi connectivity index (χ1v) is 8.69. The molecule has 1 atom stereocenters. The molecule has 1 unspecified atom stereocenters. The highest BCUT2D eigenvalue weighted by atomic mass is 35.5. The van der Waals surface area contributed by atoms with Crippen LogP contribution < -0.4 is 0 Å². The zero-order chi connectivity index (χ0) is 14.2. The van der Waals surface area contributed by atoms with Crippen molar-refractivity contribution in [3.8, 4) is 0 Å². The molecule has 1 heterocycles. The summed E-state index contributed by atoms with van der Waals surface area (Å²) in [6, 6.07) is 0. The zero-order valence-corrected chi connectivity index (χ0v) is 13.5. The number of hydrogen-bond donors (Lipinski definition) is 0. The van der Waals surface area contributed by atoms with Gasteiger partial charge in [0.15, 0.2) is 0 Å². The monoisotopic (exact) mass is 312 g/mol. The van der Waals surface area contributed by atoms with Crippen LogP contribution in [-0.2, 0) is 11.3 Å². The van der Waals surface area contributed by atoms with Gasteiger partial charge in [0.25, 0.3) is 0 Å². The molecule has 0 aromatic carbocycles. The SMILES string of the molecule is Cc1cnsc1CN(CC1CCCC12CC2)C(=O)CCl. The molecular weight excluding hydrogens is 292 g/mol. The number of amides is 1. The summed E-state index contributed by atoms with van der Waals surface area (Å²) in [5.41, 5.74) is 1.75. The Morgan fingerprint density at radius 1 is 1.55 bits per heavy atom. The second-order valence-electron chi connectivity index (χ2n) is 6.29. The van der Waals surface area contributed by atoms with E-state index in [1.54, 1.807) is 0 Å². The maximum Gasteiger partial charge on any atom is 0.237 e. The summed E-state index contributed by atoms with van der Waals surface area (Å²) in [5, 5.41) is 0. The van der Waals surface area contributed by atoms with E-state index in [-0.39, 0.29) is 11.8 Å². The molecule has 5 heteroatoms. The molecule has 2 fully saturated rings. The Bertz CT molecular complexity index is 498. The predicted molar refractivity (Wildman–Crippen MR) is 82.0 cm³/mol. The molecule has 1 amide bonds. The van der Waals surface area contributed by atoms with E-state index >= 15 is 0 Å². The normalized spacial score (nSPS) is 23.2. The molecule has 1 aromatic heterocycles. The Balaban J connectivity index is 1.70. The fraction of sp³-hybridized carbons (Fsp3) is 0.733. The van der Waals surface area contributed by atoms with Crippen molar-refractivity contribution in [1.29, 1.82) is 0 Å². The summed E-state index contributed by atoms with van der Waals surface area (Å²) >= 11 is 7.29. The van der Waals surface area contributed by atoms with Gasteiger partial charge in [0.2, 0.25) is 5.91 Å². The number of halogens is 1. The average Bonchev–Trinajstić information content (AvgIpc) is 2.96. The number of alkyl halides is 1. The second-order valence-corrected chi connectivity index (χ2v) is 7.44. The molecule has 1 spiro atoms. The van der Waals surface area contributed by atoms with Gasteiger partial charge in [0.1, 0.15) is 5.88 Å². The topological polar surface area (TPSA) is 33.2 Å². The first-order valence-electron chi connectivity index (χ1n) is 7.38. The lowest BCUT2D eigenvalue weighted by Crippen LogP contribution is -2.37. The van der Waals surface area contributed by atoms with Gasteiger partial charge in [-0.25, -0.2) is 4.37 Å². The lowest BCUT2D eigenvalue weighted by molar-refractivity contribution is -0.130. The van der Waals surface area contributed by atoms with Crippen molar-refractivity contribution in [3.63, 3.8) is 0 Å². The van der Waals surface area contributed by atoms with E-state index in [1.807, 2.05) is 11.1 Å². The summed E-state index contributed by atoms with van der Waals surface area (Å²) < 4.78 is 4.20. The van der Waals surface area contributed by atoms with Gasteiger partial charge in [-0.05, 0) is 61.0 Å². The summed E-state index contributed by atoms with van der Waals surface area (Å²) in [5.74, 6) is 0.822. The van der Waals surface area contributed by atoms with Crippen LogP contribution in [0.4, 0.5) is 0 Å². The van der Waals surface area contributed by atoms with Crippen LogP contribution in [0.15, 0.2) is 6.20 Å². The highest BCUT2D eigenvalue weighted by Crippen LogP contribution is 2.61. The lowest BCUT2D eigenvalue weighted by Gasteiger charge is -2.28. The Morgan fingerprint density at radius 3 is 2.95 bits per heavy atom. The summed E-state index contributed by atoms with van der Waals surface area (Å²) in [7, 11) is 0. The second kappa shape index (κ2) is 5.64. The molecule has 0 N–H and O–H groups in total. The van der Waals surface area contributed by atoms with Crippen molar-refractivity contribution in [3.05, 3.63) is 16.6 Å². The zero-order valence-electron chi connectivity index (χ0n) is 11.9. The van der Waals surface area contributed by atoms with Gasteiger partial charge in [-0.15, -0.1) is 11.6 Å². The molecule has 0 radical (unpaired) electrons. The molecule has 3 nitrogen and oxygen atoms in total. The number of aryl methyl sites for hydroxylation is 1. The fourth-order valence-corrected chi connectivity index (χ4v) is 4.48. The Labute approximate surface area is 129 Å². The van der Waals surface area contributed by atoms with Crippen molar-refractivity contribution >= 4 is 29.0 Å². The molecule has 20 heavy (non-hydrogen) atoms. The number of rotatable bonds is 5. The van der Waals surface area contributed by atoms with E-state index in [9.17, 15) is 4.79 Å². The van der Waals surface area contributed by atoms with Crippen molar-refractivity contribution in [2.45, 2.75) is 45.6 Å². The van der Waals surface area contributed by atoms with Crippen LogP contribution in [-0.4, -0.2) is 27.6 Å². The number of carbonyl (C=O) groups excluding carboxylic acids is 1. The molecule has 110 valence electrons. The molecule has 0 bridgehead atoms. The van der Waals surface area contributed by atoms with E-state index in [2.05, 4.69) is 11.3 Å². The molecule has 2 aliphatic carbocycles. The van der Waals surface area contributed by atoms with Gasteiger partial charge in [0, 0.05) is 17.6 Å². The van der Waals surface area contributed by atoms with Crippen molar-refractivity contribution < 1.29 is 4.79 Å². The quantitative estimate of drug-likeness (QED) is 0.778. The molecule has 0 saturated heterocycles. The predicted octanol–water partition coefficient (Wildman–Crippen LogP) is 3.60. The van der Waals surface area contributed by atoms with Crippen LogP contribution >= 0.6 is 23.1 Å². The third-order valence-corrected chi connectivity index (χ3v) is 6.19. The first kappa shape index (κ1) is 14.3. The minimum atomic E-state index is 0.0576. The maximum absolute atomic E-state index is 12.1. The molecule has 0 aliphatic heterocycles. The van der Waals surface area contributed by atoms with E-state index in [0.717, 1.165) is 6.54 Å². The van der Waals surface area contributed by atoms with Crippen LogP contribution in [0.3, 0.4) is 0 Å². The van der Waals surface area contributed by atoms with Crippen LogP contribution in [0.1, 0.15) is 42.5 Å². The number of carbonyl (C=O) groups is 1. The van der Waals surface area contributed by atoms with E-state index in [4.69, 9.17) is 11.6 Å². The van der Waals surface area contributed by atoms with Crippen molar-refractivity contribution in [2.24, 2.45) is 11.3 Å². The van der Waals surface area contributed by atoms with Crippen LogP contribution in [0.2, 0.25) is 0 Å². The van der Waals surface area contributed by atoms with Gasteiger partial charge >= 0.3 is 0 Å². The third-order valence-electron chi connectivity index (χ3n) is 5.08. The van der Waals surface area contributed by atoms with Crippen LogP contribution in [0, 0.1) is 18.3 Å². The van der Waals surface area contributed by atoms with Crippen LogP contribution in [0.25, 0.3) is 0 Å². The molecule has 2 saturated carbocycles. The van der Waals surface area contributed by atoms with Gasteiger partial charge in [-0.1, -0.05) is 6.42 Å². The Hall–Kier alpha value is -0.610. The van der Waals surface area contributed by atoms with E-state index in [0.29, 0.717) is 17.9 Å².